The normalized spacial score (nSPS) is 10.6. The number of carbonyl (C=O) groups is 2. The van der Waals surface area contributed by atoms with Gasteiger partial charge in [0.05, 0.1) is 5.69 Å². The molecule has 3 rings (SSSR count). The topological polar surface area (TPSA) is 85.0 Å². The van der Waals surface area contributed by atoms with E-state index in [0.29, 0.717) is 21.5 Å². The predicted octanol–water partition coefficient (Wildman–Crippen LogP) is 2.81. The first-order valence-corrected chi connectivity index (χ1v) is 6.83. The Hall–Kier alpha value is -2.79. The van der Waals surface area contributed by atoms with Gasteiger partial charge in [0.2, 0.25) is 5.78 Å². The molecule has 6 heteroatoms. The highest BCUT2D eigenvalue weighted by molar-refractivity contribution is 6.31. The third kappa shape index (κ3) is 2.54. The third-order valence-electron chi connectivity index (χ3n) is 3.25. The first kappa shape index (κ1) is 14.2. The van der Waals surface area contributed by atoms with Gasteiger partial charge in [0, 0.05) is 21.5 Å². The van der Waals surface area contributed by atoms with Crippen molar-refractivity contribution in [1.29, 1.82) is 0 Å². The Morgan fingerprint density at radius 1 is 1.09 bits per heavy atom. The van der Waals surface area contributed by atoms with E-state index in [-0.39, 0.29) is 17.2 Å². The maximum atomic E-state index is 12.6. The molecule has 0 fully saturated rings. The van der Waals surface area contributed by atoms with Gasteiger partial charge in [-0.05, 0) is 18.2 Å². The molecule has 0 aliphatic heterocycles. The van der Waals surface area contributed by atoms with E-state index in [2.05, 4.69) is 10.3 Å². The molecule has 5 nitrogen and oxygen atoms in total. The molecule has 0 aliphatic rings. The number of aromatic amines is 1. The molecule has 0 radical (unpaired) electrons. The first-order valence-electron chi connectivity index (χ1n) is 6.45. The lowest BCUT2D eigenvalue weighted by Crippen LogP contribution is -2.29. The maximum absolute atomic E-state index is 12.6. The van der Waals surface area contributed by atoms with Crippen molar-refractivity contribution in [1.82, 2.24) is 4.98 Å². The molecule has 22 heavy (non-hydrogen) atoms. The lowest BCUT2D eigenvalue weighted by molar-refractivity contribution is -0.242. The highest BCUT2D eigenvalue weighted by Crippen LogP contribution is 2.31. The van der Waals surface area contributed by atoms with Gasteiger partial charge in [-0.1, -0.05) is 41.9 Å². The SMILES string of the molecule is O=C([O-])Nc1c(C(=O)c2ccccc2)[nH]c2cc(Cl)ccc12. The lowest BCUT2D eigenvalue weighted by atomic mass is 10.1. The van der Waals surface area contributed by atoms with Crippen LogP contribution in [0.25, 0.3) is 10.9 Å². The van der Waals surface area contributed by atoms with Crippen LogP contribution in [-0.4, -0.2) is 16.9 Å². The fourth-order valence-electron chi connectivity index (χ4n) is 2.31. The van der Waals surface area contributed by atoms with Gasteiger partial charge >= 0.3 is 0 Å². The molecule has 0 saturated heterocycles. The van der Waals surface area contributed by atoms with Crippen LogP contribution in [0, 0.1) is 0 Å². The lowest BCUT2D eigenvalue weighted by Gasteiger charge is -2.08. The molecule has 0 unspecified atom stereocenters. The molecule has 1 aromatic heterocycles. The van der Waals surface area contributed by atoms with E-state index in [1.165, 1.54) is 0 Å². The van der Waals surface area contributed by atoms with Crippen molar-refractivity contribution in [3.05, 3.63) is 64.8 Å². The van der Waals surface area contributed by atoms with Crippen LogP contribution in [0.15, 0.2) is 48.5 Å². The molecule has 0 spiro atoms. The third-order valence-corrected chi connectivity index (χ3v) is 3.49. The molecule has 3 aromatic rings. The van der Waals surface area contributed by atoms with Crippen molar-refractivity contribution in [3.63, 3.8) is 0 Å². The molecule has 0 bridgehead atoms. The van der Waals surface area contributed by atoms with Crippen molar-refractivity contribution < 1.29 is 14.7 Å². The molecule has 110 valence electrons. The van der Waals surface area contributed by atoms with Crippen LogP contribution in [0.4, 0.5) is 10.5 Å². The van der Waals surface area contributed by atoms with E-state index in [9.17, 15) is 14.7 Å². The quantitative estimate of drug-likeness (QED) is 0.729. The Labute approximate surface area is 130 Å². The number of aromatic nitrogens is 1. The van der Waals surface area contributed by atoms with Gasteiger partial charge in [0.15, 0.2) is 0 Å². The van der Waals surface area contributed by atoms with E-state index in [0.717, 1.165) is 0 Å². The van der Waals surface area contributed by atoms with Crippen LogP contribution in [0.1, 0.15) is 16.1 Å². The van der Waals surface area contributed by atoms with E-state index >= 15 is 0 Å². The summed E-state index contributed by atoms with van der Waals surface area (Å²) >= 11 is 5.93. The number of carbonyl (C=O) groups excluding carboxylic acids is 2. The van der Waals surface area contributed by atoms with E-state index in [1.807, 2.05) is 0 Å². The van der Waals surface area contributed by atoms with Crippen molar-refractivity contribution in [2.24, 2.45) is 0 Å². The molecule has 0 aliphatic carbocycles. The Bertz CT molecular complexity index is 872. The van der Waals surface area contributed by atoms with Gasteiger partial charge in [-0.15, -0.1) is 0 Å². The summed E-state index contributed by atoms with van der Waals surface area (Å²) in [6.07, 6.45) is -1.49. The minimum absolute atomic E-state index is 0.146. The van der Waals surface area contributed by atoms with Crippen molar-refractivity contribution >= 4 is 40.1 Å². The summed E-state index contributed by atoms with van der Waals surface area (Å²) < 4.78 is 0. The van der Waals surface area contributed by atoms with Gasteiger partial charge in [-0.25, -0.2) is 0 Å². The minimum atomic E-state index is -1.49. The number of anilines is 1. The summed E-state index contributed by atoms with van der Waals surface area (Å²) in [5.41, 5.74) is 1.32. The molecule has 0 saturated carbocycles. The zero-order chi connectivity index (χ0) is 15.7. The Balaban J connectivity index is 2.19. The summed E-state index contributed by atoms with van der Waals surface area (Å²) in [5.74, 6) is -0.323. The number of H-pyrrole nitrogens is 1. The average Bonchev–Trinajstić information content (AvgIpc) is 2.84. The first-order chi connectivity index (χ1) is 10.6. The molecule has 2 aromatic carbocycles. The second-order valence-electron chi connectivity index (χ2n) is 4.67. The number of hydrogen-bond donors (Lipinski definition) is 2. The highest BCUT2D eigenvalue weighted by atomic mass is 35.5. The largest absolute Gasteiger partial charge is 0.530 e. The number of rotatable bonds is 3. The van der Waals surface area contributed by atoms with Crippen molar-refractivity contribution in [2.45, 2.75) is 0 Å². The Morgan fingerprint density at radius 3 is 2.50 bits per heavy atom. The maximum Gasteiger partial charge on any atom is 0.211 e. The van der Waals surface area contributed by atoms with Crippen LogP contribution in [0.2, 0.25) is 5.02 Å². The fraction of sp³-hybridized carbons (Fsp3) is 0. The smallest absolute Gasteiger partial charge is 0.211 e. The van der Waals surface area contributed by atoms with Crippen molar-refractivity contribution in [3.8, 4) is 0 Å². The molecule has 1 heterocycles. The summed E-state index contributed by atoms with van der Waals surface area (Å²) in [6, 6.07) is 13.5. The van der Waals surface area contributed by atoms with E-state index < -0.39 is 6.09 Å². The molecular formula is C16H10ClN2O3-. The highest BCUT2D eigenvalue weighted by Gasteiger charge is 2.19. The van der Waals surface area contributed by atoms with E-state index in [4.69, 9.17) is 11.6 Å². The molecule has 2 N–H and O–H groups in total. The fourth-order valence-corrected chi connectivity index (χ4v) is 2.48. The number of carboxylic acid groups (broad SMARTS) is 1. The van der Waals surface area contributed by atoms with Gasteiger partial charge in [-0.3, -0.25) is 4.79 Å². The zero-order valence-corrected chi connectivity index (χ0v) is 12.0. The predicted molar refractivity (Wildman–Crippen MR) is 82.2 cm³/mol. The standard InChI is InChI=1S/C16H11ClN2O3/c17-10-6-7-11-12(8-10)18-14(13(11)19-16(21)22)15(20)9-4-2-1-3-5-9/h1-8,18-19H,(H,21,22)/p-1. The van der Waals surface area contributed by atoms with Gasteiger partial charge in [0.25, 0.3) is 0 Å². The summed E-state index contributed by atoms with van der Waals surface area (Å²) in [7, 11) is 0. The number of ketones is 1. The average molecular weight is 314 g/mol. The van der Waals surface area contributed by atoms with Gasteiger partial charge < -0.3 is 20.2 Å². The zero-order valence-electron chi connectivity index (χ0n) is 11.2. The minimum Gasteiger partial charge on any atom is -0.530 e. The number of nitrogens with one attached hydrogen (secondary N) is 2. The van der Waals surface area contributed by atoms with Gasteiger partial charge in [-0.2, -0.15) is 0 Å². The number of halogens is 1. The second kappa shape index (κ2) is 5.54. The Kier molecular flexibility index (Phi) is 3.56. The second-order valence-corrected chi connectivity index (χ2v) is 5.11. The van der Waals surface area contributed by atoms with Gasteiger partial charge in [0.1, 0.15) is 11.8 Å². The molecule has 0 atom stereocenters. The molecule has 1 amide bonds. The molecular weight excluding hydrogens is 304 g/mol. The van der Waals surface area contributed by atoms with Crippen LogP contribution in [-0.2, 0) is 0 Å². The van der Waals surface area contributed by atoms with Crippen molar-refractivity contribution in [2.75, 3.05) is 5.32 Å². The number of hydrogen-bond acceptors (Lipinski definition) is 3. The van der Waals surface area contributed by atoms with E-state index in [1.54, 1.807) is 48.5 Å². The number of amides is 1. The van der Waals surface area contributed by atoms with Crippen LogP contribution in [0.5, 0.6) is 0 Å². The number of benzene rings is 2. The Morgan fingerprint density at radius 2 is 1.82 bits per heavy atom. The van der Waals surface area contributed by atoms with Crippen LogP contribution < -0.4 is 10.4 Å². The van der Waals surface area contributed by atoms with Crippen LogP contribution in [0.3, 0.4) is 0 Å². The van der Waals surface area contributed by atoms with Crippen LogP contribution >= 0.6 is 11.6 Å². The summed E-state index contributed by atoms with van der Waals surface area (Å²) in [5, 5.41) is 14.1. The number of fused-ring (bicyclic) bond motifs is 1. The summed E-state index contributed by atoms with van der Waals surface area (Å²) in [4.78, 5) is 26.4. The summed E-state index contributed by atoms with van der Waals surface area (Å²) in [6.45, 7) is 0. The monoisotopic (exact) mass is 313 g/mol.